The predicted octanol–water partition coefficient (Wildman–Crippen LogP) is 1.30. The third-order valence-electron chi connectivity index (χ3n) is 2.44. The van der Waals surface area contributed by atoms with Crippen LogP contribution in [0, 0.1) is 11.3 Å². The summed E-state index contributed by atoms with van der Waals surface area (Å²) in [6.07, 6.45) is 5.74. The number of rotatable bonds is 1. The number of hydrogen-bond acceptors (Lipinski definition) is 4. The maximum atomic E-state index is 8.80. The molecule has 0 fully saturated rings. The Morgan fingerprint density at radius 2 is 2.12 bits per heavy atom. The third kappa shape index (κ3) is 1.04. The Morgan fingerprint density at radius 1 is 1.31 bits per heavy atom. The Kier molecular flexibility index (Phi) is 1.59. The molecule has 1 aliphatic rings. The van der Waals surface area contributed by atoms with Gasteiger partial charge in [0, 0.05) is 0 Å². The number of imidazole rings is 1. The number of allylic oxidation sites excluding steroid dienone is 4. The molecule has 3 rings (SSSR count). The Morgan fingerprint density at radius 3 is 2.75 bits per heavy atom. The first-order valence-corrected chi connectivity index (χ1v) is 4.73. The van der Waals surface area contributed by atoms with Crippen molar-refractivity contribution in [2.75, 3.05) is 5.73 Å². The van der Waals surface area contributed by atoms with E-state index in [9.17, 15) is 0 Å². The molecule has 5 heteroatoms. The molecule has 76 valence electrons. The zero-order chi connectivity index (χ0) is 11.1. The first kappa shape index (κ1) is 8.68. The summed E-state index contributed by atoms with van der Waals surface area (Å²) in [5.41, 5.74) is 8.41. The molecule has 1 aliphatic carbocycles. The second-order valence-corrected chi connectivity index (χ2v) is 3.41. The summed E-state index contributed by atoms with van der Waals surface area (Å²) in [5, 5.41) is 8.80. The Bertz CT molecular complexity index is 684. The van der Waals surface area contributed by atoms with Crippen LogP contribution in [-0.2, 0) is 0 Å². The molecule has 0 atom stereocenters. The lowest BCUT2D eigenvalue weighted by Gasteiger charge is -2.10. The summed E-state index contributed by atoms with van der Waals surface area (Å²) >= 11 is 0. The minimum absolute atomic E-state index is 0.359. The van der Waals surface area contributed by atoms with Crippen molar-refractivity contribution < 1.29 is 0 Å². The standard InChI is InChI=1S/C11H7N5/c12-6-7-4-5-9-10(14-7)16(11(13)15-9)8-2-1-3-8/h1-5H,(H2,13,15). The SMILES string of the molecule is N#Cc1ccc2nc(N)n(C3=CC=C3)c2n1. The minimum Gasteiger partial charge on any atom is -0.369 e. The molecular weight excluding hydrogens is 202 g/mol. The highest BCUT2D eigenvalue weighted by molar-refractivity contribution is 5.83. The molecule has 0 bridgehead atoms. The molecule has 2 heterocycles. The number of nitrogens with zero attached hydrogens (tertiary/aromatic N) is 4. The molecule has 0 unspecified atom stereocenters. The number of nitriles is 1. The Balaban J connectivity index is 2.33. The zero-order valence-electron chi connectivity index (χ0n) is 8.25. The van der Waals surface area contributed by atoms with E-state index in [4.69, 9.17) is 11.0 Å². The molecule has 2 aromatic rings. The average molecular weight is 209 g/mol. The van der Waals surface area contributed by atoms with Crippen LogP contribution in [-0.4, -0.2) is 14.5 Å². The summed E-state index contributed by atoms with van der Waals surface area (Å²) in [7, 11) is 0. The Hall–Kier alpha value is -2.61. The number of hydrogen-bond donors (Lipinski definition) is 1. The largest absolute Gasteiger partial charge is 0.369 e. The van der Waals surface area contributed by atoms with Gasteiger partial charge in [0.1, 0.15) is 17.3 Å². The number of fused-ring (bicyclic) bond motifs is 1. The summed E-state index contributed by atoms with van der Waals surface area (Å²) in [6.45, 7) is 0. The summed E-state index contributed by atoms with van der Waals surface area (Å²) in [5.74, 6) is 0.383. The van der Waals surface area contributed by atoms with Crippen LogP contribution in [0.15, 0.2) is 30.4 Å². The van der Waals surface area contributed by atoms with Gasteiger partial charge >= 0.3 is 0 Å². The van der Waals surface area contributed by atoms with Crippen LogP contribution in [0.3, 0.4) is 0 Å². The van der Waals surface area contributed by atoms with Crippen molar-refractivity contribution in [1.82, 2.24) is 14.5 Å². The third-order valence-corrected chi connectivity index (χ3v) is 2.44. The van der Waals surface area contributed by atoms with Crippen molar-refractivity contribution >= 4 is 22.8 Å². The first-order valence-electron chi connectivity index (χ1n) is 4.73. The maximum Gasteiger partial charge on any atom is 0.207 e. The summed E-state index contributed by atoms with van der Waals surface area (Å²) in [6, 6.07) is 5.38. The number of pyridine rings is 1. The van der Waals surface area contributed by atoms with Crippen molar-refractivity contribution in [3.05, 3.63) is 36.1 Å². The Labute approximate surface area is 91.1 Å². The number of nitrogen functional groups attached to an aromatic ring is 1. The smallest absolute Gasteiger partial charge is 0.207 e. The fraction of sp³-hybridized carbons (Fsp3) is 0. The van der Waals surface area contributed by atoms with Crippen molar-refractivity contribution in [1.29, 1.82) is 5.26 Å². The van der Waals surface area contributed by atoms with Gasteiger partial charge in [0.2, 0.25) is 5.95 Å². The highest BCUT2D eigenvalue weighted by Crippen LogP contribution is 2.24. The number of nitrogens with two attached hydrogens (primary N) is 1. The van der Waals surface area contributed by atoms with E-state index in [0.29, 0.717) is 22.8 Å². The van der Waals surface area contributed by atoms with Gasteiger partial charge in [-0.2, -0.15) is 5.26 Å². The molecule has 0 saturated heterocycles. The highest BCUT2D eigenvalue weighted by atomic mass is 15.2. The quantitative estimate of drug-likeness (QED) is 0.767. The lowest BCUT2D eigenvalue weighted by atomic mass is 10.2. The van der Waals surface area contributed by atoms with Crippen LogP contribution in [0.1, 0.15) is 5.69 Å². The minimum atomic E-state index is 0.359. The van der Waals surface area contributed by atoms with E-state index in [1.807, 2.05) is 24.3 Å². The van der Waals surface area contributed by atoms with Crippen LogP contribution >= 0.6 is 0 Å². The van der Waals surface area contributed by atoms with Crippen LogP contribution in [0.2, 0.25) is 0 Å². The van der Waals surface area contributed by atoms with E-state index < -0.39 is 0 Å². The summed E-state index contributed by atoms with van der Waals surface area (Å²) < 4.78 is 1.73. The molecule has 0 saturated carbocycles. The molecule has 0 spiro atoms. The van der Waals surface area contributed by atoms with Crippen molar-refractivity contribution in [3.8, 4) is 6.07 Å². The van der Waals surface area contributed by atoms with E-state index >= 15 is 0 Å². The molecule has 2 aromatic heterocycles. The van der Waals surface area contributed by atoms with Gasteiger partial charge in [-0.15, -0.1) is 0 Å². The molecule has 2 N–H and O–H groups in total. The molecule has 5 nitrogen and oxygen atoms in total. The lowest BCUT2D eigenvalue weighted by Crippen LogP contribution is -2.04. The predicted molar refractivity (Wildman–Crippen MR) is 60.1 cm³/mol. The van der Waals surface area contributed by atoms with Crippen LogP contribution in [0.25, 0.3) is 16.9 Å². The van der Waals surface area contributed by atoms with Crippen LogP contribution < -0.4 is 5.73 Å². The van der Waals surface area contributed by atoms with E-state index in [1.54, 1.807) is 16.7 Å². The molecule has 0 aliphatic heterocycles. The second kappa shape index (κ2) is 2.94. The number of anilines is 1. The number of aromatic nitrogens is 3. The van der Waals surface area contributed by atoms with E-state index in [-0.39, 0.29) is 0 Å². The van der Waals surface area contributed by atoms with Gasteiger partial charge in [-0.25, -0.2) is 9.97 Å². The topological polar surface area (TPSA) is 80.5 Å². The average Bonchev–Trinajstić information content (AvgIpc) is 2.53. The lowest BCUT2D eigenvalue weighted by molar-refractivity contribution is 1.11. The molecule has 0 amide bonds. The zero-order valence-corrected chi connectivity index (χ0v) is 8.25. The monoisotopic (exact) mass is 209 g/mol. The molecule has 16 heavy (non-hydrogen) atoms. The summed E-state index contributed by atoms with van der Waals surface area (Å²) in [4.78, 5) is 8.39. The normalized spacial score (nSPS) is 13.3. The first-order chi connectivity index (χ1) is 7.79. The van der Waals surface area contributed by atoms with Crippen LogP contribution in [0.5, 0.6) is 0 Å². The van der Waals surface area contributed by atoms with Gasteiger partial charge in [-0.05, 0) is 24.3 Å². The van der Waals surface area contributed by atoms with E-state index in [1.165, 1.54) is 0 Å². The fourth-order valence-corrected chi connectivity index (χ4v) is 1.62. The second-order valence-electron chi connectivity index (χ2n) is 3.41. The van der Waals surface area contributed by atoms with Gasteiger partial charge in [0.15, 0.2) is 5.65 Å². The highest BCUT2D eigenvalue weighted by Gasteiger charge is 2.13. The van der Waals surface area contributed by atoms with E-state index in [0.717, 1.165) is 5.70 Å². The van der Waals surface area contributed by atoms with E-state index in [2.05, 4.69) is 9.97 Å². The molecule has 0 radical (unpaired) electrons. The maximum absolute atomic E-state index is 8.80. The van der Waals surface area contributed by atoms with Gasteiger partial charge in [0.25, 0.3) is 0 Å². The van der Waals surface area contributed by atoms with Crippen LogP contribution in [0.4, 0.5) is 5.95 Å². The van der Waals surface area contributed by atoms with Crippen molar-refractivity contribution in [2.24, 2.45) is 0 Å². The van der Waals surface area contributed by atoms with Crippen molar-refractivity contribution in [3.63, 3.8) is 0 Å². The fourth-order valence-electron chi connectivity index (χ4n) is 1.62. The molecular formula is C11H7N5. The molecule has 0 aromatic carbocycles. The van der Waals surface area contributed by atoms with Gasteiger partial charge < -0.3 is 5.73 Å². The van der Waals surface area contributed by atoms with Gasteiger partial charge in [-0.1, -0.05) is 6.08 Å². The van der Waals surface area contributed by atoms with Gasteiger partial charge in [-0.3, -0.25) is 4.57 Å². The van der Waals surface area contributed by atoms with Crippen molar-refractivity contribution in [2.45, 2.75) is 0 Å². The van der Waals surface area contributed by atoms with Gasteiger partial charge in [0.05, 0.1) is 5.70 Å².